The number of carbonyl (C=O) groups excluding carboxylic acids is 2. The van der Waals surface area contributed by atoms with E-state index in [0.717, 1.165) is 58.0 Å². The lowest BCUT2D eigenvalue weighted by Gasteiger charge is -2.25. The molecule has 0 aromatic rings. The second-order valence-corrected chi connectivity index (χ2v) is 23.3. The molecule has 4 nitrogen and oxygen atoms in total. The molecule has 1 unspecified atom stereocenters. The Kier molecular flexibility index (Phi) is 61.1. The molecule has 0 bridgehead atoms. The lowest BCUT2D eigenvalue weighted by atomic mass is 9.96. The van der Waals surface area contributed by atoms with Gasteiger partial charge in [-0.05, 0) is 51.4 Å². The van der Waals surface area contributed by atoms with E-state index in [2.05, 4.69) is 44.7 Å². The first kappa shape index (κ1) is 70.7. The van der Waals surface area contributed by atoms with Crippen LogP contribution in [0, 0.1) is 5.92 Å². The second kappa shape index (κ2) is 62.2. The Labute approximate surface area is 454 Å². The quantitative estimate of drug-likeness (QED) is 0.0346. The number of unbranched alkanes of at least 4 members (excludes halogenated alkanes) is 49. The Hall–Kier alpha value is -1.32. The molecule has 0 aliphatic heterocycles. The van der Waals surface area contributed by atoms with E-state index in [0.29, 0.717) is 13.0 Å². The van der Waals surface area contributed by atoms with Crippen molar-refractivity contribution in [3.05, 3.63) is 12.2 Å². The van der Waals surface area contributed by atoms with Crippen molar-refractivity contribution in [2.24, 2.45) is 5.92 Å². The van der Waals surface area contributed by atoms with E-state index in [4.69, 9.17) is 4.74 Å². The van der Waals surface area contributed by atoms with Crippen molar-refractivity contribution in [1.82, 2.24) is 4.90 Å². The number of ether oxygens (including phenoxy) is 1. The molecule has 0 aliphatic carbocycles. The average Bonchev–Trinajstić information content (AvgIpc) is 3.38. The molecule has 0 heterocycles. The molecule has 1 atom stereocenters. The highest BCUT2D eigenvalue weighted by Crippen LogP contribution is 2.22. The smallest absolute Gasteiger partial charge is 0.309 e. The maximum Gasteiger partial charge on any atom is 0.309 e. The highest BCUT2D eigenvalue weighted by molar-refractivity contribution is 5.83. The third-order valence-electron chi connectivity index (χ3n) is 16.0. The van der Waals surface area contributed by atoms with Crippen molar-refractivity contribution in [1.29, 1.82) is 0 Å². The number of allylic oxidation sites excluding steroid dienone is 2. The molecule has 0 fully saturated rings. The summed E-state index contributed by atoms with van der Waals surface area (Å²) in [6.07, 6.45) is 78.2. The summed E-state index contributed by atoms with van der Waals surface area (Å²) in [6.45, 7) is 11.3. The first-order valence-electron chi connectivity index (χ1n) is 33.7. The van der Waals surface area contributed by atoms with Crippen LogP contribution in [-0.2, 0) is 14.3 Å². The molecule has 4 heteroatoms. The van der Waals surface area contributed by atoms with Crippen LogP contribution in [0.15, 0.2) is 12.2 Å². The SMILES string of the molecule is CCCCCCCCCCCCCCCCCCC/C=C/CCCCCCCCCCCCCCCCCCCC(CC(=O)N(CCCCCCCC)CCCCCCCC)C(=O)OCCCCCCCC. The third kappa shape index (κ3) is 54.9. The Morgan fingerprint density at radius 1 is 0.319 bits per heavy atom. The van der Waals surface area contributed by atoms with E-state index < -0.39 is 0 Å². The molecule has 0 spiro atoms. The van der Waals surface area contributed by atoms with Gasteiger partial charge in [0, 0.05) is 19.5 Å². The number of hydrogen-bond acceptors (Lipinski definition) is 3. The van der Waals surface area contributed by atoms with Gasteiger partial charge in [0.15, 0.2) is 0 Å². The first-order valence-corrected chi connectivity index (χ1v) is 33.7. The van der Waals surface area contributed by atoms with Crippen LogP contribution in [0.2, 0.25) is 0 Å². The molecule has 0 aromatic heterocycles. The van der Waals surface area contributed by atoms with Gasteiger partial charge in [-0.3, -0.25) is 9.59 Å². The summed E-state index contributed by atoms with van der Waals surface area (Å²) >= 11 is 0. The fourth-order valence-electron chi connectivity index (χ4n) is 10.9. The van der Waals surface area contributed by atoms with Gasteiger partial charge in [-0.2, -0.15) is 0 Å². The van der Waals surface area contributed by atoms with Gasteiger partial charge in [0.25, 0.3) is 0 Å². The van der Waals surface area contributed by atoms with Crippen molar-refractivity contribution in [3.63, 3.8) is 0 Å². The molecule has 0 saturated heterocycles. The lowest BCUT2D eigenvalue weighted by Crippen LogP contribution is -2.35. The van der Waals surface area contributed by atoms with Crippen LogP contribution in [0.3, 0.4) is 0 Å². The molecule has 72 heavy (non-hydrogen) atoms. The molecular formula is C68H133NO3. The van der Waals surface area contributed by atoms with Crippen LogP contribution in [0.25, 0.3) is 0 Å². The predicted molar refractivity (Wildman–Crippen MR) is 321 cm³/mol. The van der Waals surface area contributed by atoms with Gasteiger partial charge >= 0.3 is 5.97 Å². The van der Waals surface area contributed by atoms with E-state index in [-0.39, 0.29) is 17.8 Å². The number of amides is 1. The Bertz CT molecular complexity index is 1060. The standard InChI is InChI=1S/C68H133NO3/c1-5-9-13-17-21-22-23-24-25-26-27-28-29-30-31-32-33-34-35-36-37-38-39-40-41-42-43-44-45-46-47-48-49-50-51-52-53-57-61-66(68(71)72-64-60-56-20-16-12-8-4)65-67(70)69(62-58-54-18-14-10-6-2)63-59-55-19-15-11-7-3/h35-36,66H,5-34,37-65H2,1-4H3/b36-35+. The van der Waals surface area contributed by atoms with Crippen LogP contribution in [0.5, 0.6) is 0 Å². The van der Waals surface area contributed by atoms with Gasteiger partial charge in [-0.25, -0.2) is 0 Å². The van der Waals surface area contributed by atoms with E-state index in [9.17, 15) is 9.59 Å². The maximum atomic E-state index is 13.9. The molecule has 428 valence electrons. The first-order chi connectivity index (χ1) is 35.6. The maximum absolute atomic E-state index is 13.9. The summed E-state index contributed by atoms with van der Waals surface area (Å²) in [4.78, 5) is 29.5. The minimum Gasteiger partial charge on any atom is -0.465 e. The molecule has 0 radical (unpaired) electrons. The van der Waals surface area contributed by atoms with Crippen LogP contribution in [0.4, 0.5) is 0 Å². The van der Waals surface area contributed by atoms with Crippen molar-refractivity contribution in [2.75, 3.05) is 19.7 Å². The summed E-state index contributed by atoms with van der Waals surface area (Å²) in [5.41, 5.74) is 0. The van der Waals surface area contributed by atoms with Crippen LogP contribution in [0.1, 0.15) is 387 Å². The van der Waals surface area contributed by atoms with Gasteiger partial charge in [0.2, 0.25) is 5.91 Å². The summed E-state index contributed by atoms with van der Waals surface area (Å²) in [7, 11) is 0. The molecule has 0 N–H and O–H groups in total. The molecular weight excluding hydrogens is 879 g/mol. The summed E-state index contributed by atoms with van der Waals surface area (Å²) in [5.74, 6) is -0.219. The lowest BCUT2D eigenvalue weighted by molar-refractivity contribution is -0.152. The monoisotopic (exact) mass is 1010 g/mol. The van der Waals surface area contributed by atoms with Crippen LogP contribution in [-0.4, -0.2) is 36.5 Å². The predicted octanol–water partition coefficient (Wildman–Crippen LogP) is 23.5. The third-order valence-corrected chi connectivity index (χ3v) is 16.0. The van der Waals surface area contributed by atoms with Crippen LogP contribution < -0.4 is 0 Å². The van der Waals surface area contributed by atoms with Crippen molar-refractivity contribution < 1.29 is 14.3 Å². The molecule has 0 aliphatic rings. The van der Waals surface area contributed by atoms with Gasteiger partial charge in [0.05, 0.1) is 12.5 Å². The average molecular weight is 1010 g/mol. The zero-order valence-corrected chi connectivity index (χ0v) is 50.1. The van der Waals surface area contributed by atoms with Gasteiger partial charge < -0.3 is 9.64 Å². The van der Waals surface area contributed by atoms with Crippen molar-refractivity contribution >= 4 is 11.9 Å². The molecule has 0 aromatic carbocycles. The van der Waals surface area contributed by atoms with Gasteiger partial charge in [0.1, 0.15) is 0 Å². The van der Waals surface area contributed by atoms with Gasteiger partial charge in [-0.15, -0.1) is 0 Å². The molecule has 0 saturated carbocycles. The summed E-state index contributed by atoms with van der Waals surface area (Å²) < 4.78 is 5.88. The number of esters is 1. The number of nitrogens with zero attached hydrogens (tertiary/aromatic N) is 1. The second-order valence-electron chi connectivity index (χ2n) is 23.3. The number of hydrogen-bond donors (Lipinski definition) is 0. The van der Waals surface area contributed by atoms with Crippen molar-refractivity contribution in [3.8, 4) is 0 Å². The Morgan fingerprint density at radius 3 is 0.875 bits per heavy atom. The van der Waals surface area contributed by atoms with Gasteiger partial charge in [-0.1, -0.05) is 342 Å². The minimum atomic E-state index is -0.292. The van der Waals surface area contributed by atoms with Crippen molar-refractivity contribution in [2.45, 2.75) is 387 Å². The molecule has 1 amide bonds. The Morgan fingerprint density at radius 2 is 0.569 bits per heavy atom. The summed E-state index contributed by atoms with van der Waals surface area (Å²) in [5, 5.41) is 0. The zero-order valence-electron chi connectivity index (χ0n) is 50.1. The largest absolute Gasteiger partial charge is 0.465 e. The number of rotatable bonds is 62. The summed E-state index contributed by atoms with van der Waals surface area (Å²) in [6, 6.07) is 0. The Balaban J connectivity index is 4.02. The number of carbonyl (C=O) groups is 2. The fraction of sp³-hybridized carbons (Fsp3) is 0.941. The zero-order chi connectivity index (χ0) is 52.2. The fourth-order valence-corrected chi connectivity index (χ4v) is 10.9. The highest BCUT2D eigenvalue weighted by Gasteiger charge is 2.26. The van der Waals surface area contributed by atoms with Crippen LogP contribution >= 0.6 is 0 Å². The van der Waals surface area contributed by atoms with E-state index in [1.807, 2.05) is 0 Å². The van der Waals surface area contributed by atoms with E-state index >= 15 is 0 Å². The topological polar surface area (TPSA) is 46.6 Å². The van der Waals surface area contributed by atoms with E-state index in [1.54, 1.807) is 0 Å². The highest BCUT2D eigenvalue weighted by atomic mass is 16.5. The normalized spacial score (nSPS) is 12.1. The van der Waals surface area contributed by atoms with E-state index in [1.165, 1.54) is 308 Å². The minimum absolute atomic E-state index is 0.115. The molecule has 0 rings (SSSR count).